The first-order valence-corrected chi connectivity index (χ1v) is 4.57. The predicted octanol–water partition coefficient (Wildman–Crippen LogP) is 2.08. The van der Waals surface area contributed by atoms with Gasteiger partial charge in [-0.05, 0) is 0 Å². The molecule has 13 heavy (non-hydrogen) atoms. The lowest BCUT2D eigenvalue weighted by atomic mass is 10.4. The topological polar surface area (TPSA) is 38.1 Å². The van der Waals surface area contributed by atoms with E-state index in [0.29, 0.717) is 24.0 Å². The van der Waals surface area contributed by atoms with Gasteiger partial charge in [-0.3, -0.25) is 0 Å². The van der Waals surface area contributed by atoms with Gasteiger partial charge in [0.25, 0.3) is 0 Å². The molecule has 1 N–H and O–H groups in total. The average molecular weight is 201 g/mol. The number of nitrogens with one attached hydrogen (secondary N) is 1. The largest absolute Gasteiger partial charge is 0.444 e. The van der Waals surface area contributed by atoms with E-state index in [1.165, 1.54) is 0 Å². The molecule has 0 aliphatic carbocycles. The van der Waals surface area contributed by atoms with Crippen LogP contribution in [-0.4, -0.2) is 11.5 Å². The highest BCUT2D eigenvalue weighted by Crippen LogP contribution is 2.03. The molecular weight excluding hydrogens is 188 g/mol. The summed E-state index contributed by atoms with van der Waals surface area (Å²) < 4.78 is 5.37. The number of aromatic nitrogens is 1. The molecule has 0 atom stereocenters. The second kappa shape index (κ2) is 5.04. The molecule has 0 saturated carbocycles. The van der Waals surface area contributed by atoms with Gasteiger partial charge in [0.05, 0.1) is 12.7 Å². The van der Waals surface area contributed by atoms with Crippen LogP contribution in [0.15, 0.2) is 22.2 Å². The molecule has 0 bridgehead atoms. The van der Waals surface area contributed by atoms with Crippen LogP contribution in [0.25, 0.3) is 0 Å². The van der Waals surface area contributed by atoms with Gasteiger partial charge in [-0.25, -0.2) is 4.98 Å². The molecular formula is C9H13ClN2O. The van der Waals surface area contributed by atoms with E-state index in [2.05, 4.69) is 16.9 Å². The molecule has 0 aliphatic rings. The maximum Gasteiger partial charge on any atom is 0.208 e. The monoisotopic (exact) mass is 200 g/mol. The van der Waals surface area contributed by atoms with E-state index < -0.39 is 0 Å². The third-order valence-electron chi connectivity index (χ3n) is 1.54. The zero-order chi connectivity index (χ0) is 9.68. The Morgan fingerprint density at radius 3 is 3.08 bits per heavy atom. The number of hydrogen-bond acceptors (Lipinski definition) is 3. The van der Waals surface area contributed by atoms with Crippen molar-refractivity contribution in [1.82, 2.24) is 10.3 Å². The van der Waals surface area contributed by atoms with Crippen LogP contribution in [-0.2, 0) is 13.0 Å². The van der Waals surface area contributed by atoms with Gasteiger partial charge in [-0.15, -0.1) is 0 Å². The maximum absolute atomic E-state index is 5.57. The Balaban J connectivity index is 2.32. The van der Waals surface area contributed by atoms with E-state index in [1.54, 1.807) is 6.20 Å². The van der Waals surface area contributed by atoms with E-state index >= 15 is 0 Å². The van der Waals surface area contributed by atoms with E-state index in [-0.39, 0.29) is 0 Å². The van der Waals surface area contributed by atoms with Crippen LogP contribution < -0.4 is 5.32 Å². The zero-order valence-electron chi connectivity index (χ0n) is 7.64. The first kappa shape index (κ1) is 10.3. The molecule has 0 radical (unpaired) electrons. The minimum atomic E-state index is 0.575. The fourth-order valence-corrected chi connectivity index (χ4v) is 0.993. The van der Waals surface area contributed by atoms with E-state index in [0.717, 1.165) is 12.2 Å². The standard InChI is InChI=1S/C9H13ClN2O/c1-3-8-5-12-9(13-8)6-11-4-7(2)10/h5,11H,2-4,6H2,1H3. The number of rotatable bonds is 5. The Morgan fingerprint density at radius 1 is 1.77 bits per heavy atom. The molecule has 0 aromatic carbocycles. The number of hydrogen-bond donors (Lipinski definition) is 1. The lowest BCUT2D eigenvalue weighted by molar-refractivity contribution is 0.444. The smallest absolute Gasteiger partial charge is 0.208 e. The van der Waals surface area contributed by atoms with Crippen molar-refractivity contribution in [2.75, 3.05) is 6.54 Å². The summed E-state index contributed by atoms with van der Waals surface area (Å²) in [6.07, 6.45) is 2.61. The second-order valence-electron chi connectivity index (χ2n) is 2.69. The Bertz CT molecular complexity index is 283. The third kappa shape index (κ3) is 3.61. The van der Waals surface area contributed by atoms with Crippen molar-refractivity contribution in [2.45, 2.75) is 19.9 Å². The minimum absolute atomic E-state index is 0.575. The van der Waals surface area contributed by atoms with Crippen molar-refractivity contribution in [3.63, 3.8) is 0 Å². The summed E-state index contributed by atoms with van der Waals surface area (Å²) in [7, 11) is 0. The summed E-state index contributed by atoms with van der Waals surface area (Å²) in [5.41, 5.74) is 0. The summed E-state index contributed by atoms with van der Waals surface area (Å²) in [5, 5.41) is 3.64. The average Bonchev–Trinajstić information content (AvgIpc) is 2.52. The van der Waals surface area contributed by atoms with Crippen LogP contribution in [0.4, 0.5) is 0 Å². The van der Waals surface area contributed by atoms with Gasteiger partial charge in [-0.2, -0.15) is 0 Å². The van der Waals surface area contributed by atoms with Crippen LogP contribution in [0, 0.1) is 0 Å². The molecule has 1 heterocycles. The van der Waals surface area contributed by atoms with E-state index in [1.807, 2.05) is 6.92 Å². The minimum Gasteiger partial charge on any atom is -0.444 e. The zero-order valence-corrected chi connectivity index (χ0v) is 8.40. The molecule has 1 aromatic rings. The van der Waals surface area contributed by atoms with Crippen molar-refractivity contribution < 1.29 is 4.42 Å². The van der Waals surface area contributed by atoms with Crippen LogP contribution >= 0.6 is 11.6 Å². The fraction of sp³-hybridized carbons (Fsp3) is 0.444. The summed E-state index contributed by atoms with van der Waals surface area (Å²) in [4.78, 5) is 4.08. The molecule has 72 valence electrons. The molecule has 0 amide bonds. The van der Waals surface area contributed by atoms with Crippen LogP contribution in [0.5, 0.6) is 0 Å². The van der Waals surface area contributed by atoms with Crippen molar-refractivity contribution in [2.24, 2.45) is 0 Å². The normalized spacial score (nSPS) is 10.3. The summed E-state index contributed by atoms with van der Waals surface area (Å²) in [6, 6.07) is 0. The van der Waals surface area contributed by atoms with Gasteiger partial charge >= 0.3 is 0 Å². The van der Waals surface area contributed by atoms with Crippen molar-refractivity contribution >= 4 is 11.6 Å². The second-order valence-corrected chi connectivity index (χ2v) is 3.23. The first-order chi connectivity index (χ1) is 6.22. The Hall–Kier alpha value is -0.800. The number of aryl methyl sites for hydroxylation is 1. The predicted molar refractivity (Wildman–Crippen MR) is 52.6 cm³/mol. The van der Waals surface area contributed by atoms with Crippen molar-refractivity contribution in [3.05, 3.63) is 29.5 Å². The lowest BCUT2D eigenvalue weighted by Gasteiger charge is -1.98. The molecule has 0 fully saturated rings. The van der Waals surface area contributed by atoms with Crippen molar-refractivity contribution in [1.29, 1.82) is 0 Å². The van der Waals surface area contributed by atoms with Gasteiger partial charge in [0.1, 0.15) is 5.76 Å². The van der Waals surface area contributed by atoms with Crippen LogP contribution in [0.3, 0.4) is 0 Å². The molecule has 1 aromatic heterocycles. The SMILES string of the molecule is C=C(Cl)CNCc1ncc(CC)o1. The fourth-order valence-electron chi connectivity index (χ4n) is 0.898. The number of nitrogens with zero attached hydrogens (tertiary/aromatic N) is 1. The van der Waals surface area contributed by atoms with E-state index in [9.17, 15) is 0 Å². The summed E-state index contributed by atoms with van der Waals surface area (Å²) in [5.74, 6) is 1.59. The van der Waals surface area contributed by atoms with Gasteiger partial charge in [-0.1, -0.05) is 25.1 Å². The van der Waals surface area contributed by atoms with E-state index in [4.69, 9.17) is 16.0 Å². The summed E-state index contributed by atoms with van der Waals surface area (Å²) >= 11 is 5.57. The van der Waals surface area contributed by atoms with Crippen molar-refractivity contribution in [3.8, 4) is 0 Å². The first-order valence-electron chi connectivity index (χ1n) is 4.20. The lowest BCUT2D eigenvalue weighted by Crippen LogP contribution is -2.14. The van der Waals surface area contributed by atoms with Crippen LogP contribution in [0.2, 0.25) is 0 Å². The molecule has 0 saturated heterocycles. The maximum atomic E-state index is 5.57. The Labute approximate surface area is 82.8 Å². The highest BCUT2D eigenvalue weighted by molar-refractivity contribution is 6.29. The van der Waals surface area contributed by atoms with Gasteiger partial charge in [0.2, 0.25) is 5.89 Å². The molecule has 3 nitrogen and oxygen atoms in total. The molecule has 1 rings (SSSR count). The van der Waals surface area contributed by atoms with Crippen LogP contribution in [0.1, 0.15) is 18.6 Å². The van der Waals surface area contributed by atoms with Gasteiger partial charge in [0.15, 0.2) is 0 Å². The third-order valence-corrected chi connectivity index (χ3v) is 1.68. The Kier molecular flexibility index (Phi) is 3.99. The highest BCUT2D eigenvalue weighted by atomic mass is 35.5. The Morgan fingerprint density at radius 2 is 2.54 bits per heavy atom. The highest BCUT2D eigenvalue weighted by Gasteiger charge is 2.00. The molecule has 4 heteroatoms. The van der Waals surface area contributed by atoms with Gasteiger partial charge in [0, 0.05) is 18.0 Å². The molecule has 0 aliphatic heterocycles. The molecule has 0 spiro atoms. The quantitative estimate of drug-likeness (QED) is 0.791. The number of oxazole rings is 1. The number of halogens is 1. The molecule has 0 unspecified atom stereocenters. The summed E-state index contributed by atoms with van der Waals surface area (Å²) in [6.45, 7) is 6.75. The van der Waals surface area contributed by atoms with Gasteiger partial charge < -0.3 is 9.73 Å².